The van der Waals surface area contributed by atoms with E-state index in [1.54, 1.807) is 0 Å². The van der Waals surface area contributed by atoms with Crippen LogP contribution < -0.4 is 20.1 Å². The molecule has 2 saturated carbocycles. The standard InChI is InChI=1S/2C18H29NO3/c2*1-14(2)19-11-17(20)13-22-18-7-5-15(6-8-18)9-10-21-12-16-3-4-16/h2*5-8,14,16-17,19-20H,3-4,9-13H2,1-2H3/t2*17-/m10/s1. The third-order valence-corrected chi connectivity index (χ3v) is 7.43. The Hall–Kier alpha value is -2.20. The van der Waals surface area contributed by atoms with Gasteiger partial charge >= 0.3 is 0 Å². The lowest BCUT2D eigenvalue weighted by molar-refractivity contribution is 0.104. The van der Waals surface area contributed by atoms with Crippen LogP contribution >= 0.6 is 0 Å². The second-order valence-electron chi connectivity index (χ2n) is 12.9. The molecule has 8 nitrogen and oxygen atoms in total. The Morgan fingerprint density at radius 3 is 1.30 bits per heavy atom. The highest BCUT2D eigenvalue weighted by atomic mass is 16.5. The fourth-order valence-electron chi connectivity index (χ4n) is 4.20. The third-order valence-electron chi connectivity index (χ3n) is 7.43. The van der Waals surface area contributed by atoms with E-state index in [9.17, 15) is 10.2 Å². The van der Waals surface area contributed by atoms with Crippen molar-refractivity contribution >= 4 is 0 Å². The van der Waals surface area contributed by atoms with Gasteiger partial charge in [-0.3, -0.25) is 0 Å². The molecule has 0 amide bonds. The molecular weight excluding hydrogens is 556 g/mol. The van der Waals surface area contributed by atoms with Gasteiger partial charge in [-0.25, -0.2) is 0 Å². The van der Waals surface area contributed by atoms with Crippen molar-refractivity contribution in [1.82, 2.24) is 10.6 Å². The van der Waals surface area contributed by atoms with E-state index in [0.717, 1.165) is 62.6 Å². The molecule has 0 unspecified atom stereocenters. The van der Waals surface area contributed by atoms with E-state index in [4.69, 9.17) is 18.9 Å². The zero-order chi connectivity index (χ0) is 31.6. The van der Waals surface area contributed by atoms with Gasteiger partial charge in [-0.2, -0.15) is 0 Å². The van der Waals surface area contributed by atoms with Gasteiger partial charge in [0.15, 0.2) is 0 Å². The molecule has 4 rings (SSSR count). The Kier molecular flexibility index (Phi) is 17.1. The highest BCUT2D eigenvalue weighted by Crippen LogP contribution is 2.29. The van der Waals surface area contributed by atoms with Gasteiger partial charge in [0.05, 0.1) is 13.2 Å². The predicted octanol–water partition coefficient (Wildman–Crippen LogP) is 4.79. The summed E-state index contributed by atoms with van der Waals surface area (Å²) in [5, 5.41) is 26.0. The molecule has 2 fully saturated rings. The van der Waals surface area contributed by atoms with Gasteiger partial charge in [-0.15, -0.1) is 0 Å². The maximum atomic E-state index is 9.80. The SMILES string of the molecule is CC(C)NC[C@@H](O)COc1ccc(CCOCC2CC2)cc1.CC(C)NC[C@H](O)COc1ccc(CCOCC2CC2)cc1. The van der Waals surface area contributed by atoms with Crippen molar-refractivity contribution in [2.75, 3.05) is 52.7 Å². The third kappa shape index (κ3) is 17.9. The summed E-state index contributed by atoms with van der Waals surface area (Å²) < 4.78 is 22.5. The van der Waals surface area contributed by atoms with Gasteiger partial charge in [0.25, 0.3) is 0 Å². The maximum absolute atomic E-state index is 9.80. The van der Waals surface area contributed by atoms with Crippen molar-refractivity contribution in [3.63, 3.8) is 0 Å². The monoisotopic (exact) mass is 614 g/mol. The minimum absolute atomic E-state index is 0.309. The molecule has 44 heavy (non-hydrogen) atoms. The molecule has 8 heteroatoms. The van der Waals surface area contributed by atoms with Crippen LogP contribution in [0.4, 0.5) is 0 Å². The largest absolute Gasteiger partial charge is 0.491 e. The molecule has 2 atom stereocenters. The Labute approximate surface area is 265 Å². The molecule has 2 aromatic carbocycles. The summed E-state index contributed by atoms with van der Waals surface area (Å²) in [7, 11) is 0. The molecule has 0 bridgehead atoms. The summed E-state index contributed by atoms with van der Waals surface area (Å²) in [6.45, 7) is 13.4. The summed E-state index contributed by atoms with van der Waals surface area (Å²) in [5.41, 5.74) is 2.51. The molecule has 2 aromatic rings. The van der Waals surface area contributed by atoms with Crippen LogP contribution in [-0.4, -0.2) is 87.2 Å². The number of hydrogen-bond acceptors (Lipinski definition) is 8. The number of nitrogens with one attached hydrogen (secondary N) is 2. The number of benzene rings is 2. The van der Waals surface area contributed by atoms with Crippen molar-refractivity contribution in [2.45, 2.75) is 90.5 Å². The molecular formula is C36H58N2O6. The van der Waals surface area contributed by atoms with Crippen molar-refractivity contribution < 1.29 is 29.2 Å². The van der Waals surface area contributed by atoms with Crippen molar-refractivity contribution in [3.8, 4) is 11.5 Å². The van der Waals surface area contributed by atoms with Crippen LogP contribution in [0.25, 0.3) is 0 Å². The Bertz CT molecular complexity index is 911. The van der Waals surface area contributed by atoms with Crippen molar-refractivity contribution in [2.24, 2.45) is 11.8 Å². The van der Waals surface area contributed by atoms with Crippen LogP contribution in [0.3, 0.4) is 0 Å². The van der Waals surface area contributed by atoms with E-state index < -0.39 is 12.2 Å². The van der Waals surface area contributed by atoms with Gasteiger partial charge in [0, 0.05) is 38.4 Å². The zero-order valence-electron chi connectivity index (χ0n) is 27.5. The first kappa shape index (κ1) is 36.3. The topological polar surface area (TPSA) is 101 Å². The van der Waals surface area contributed by atoms with Crippen molar-refractivity contribution in [1.29, 1.82) is 0 Å². The van der Waals surface area contributed by atoms with E-state index in [1.807, 2.05) is 24.3 Å². The van der Waals surface area contributed by atoms with Crippen LogP contribution in [0.5, 0.6) is 11.5 Å². The van der Waals surface area contributed by atoms with E-state index >= 15 is 0 Å². The summed E-state index contributed by atoms with van der Waals surface area (Å²) in [4.78, 5) is 0. The van der Waals surface area contributed by atoms with Gasteiger partial charge < -0.3 is 39.8 Å². The average Bonchev–Trinajstić information content (AvgIpc) is 3.95. The van der Waals surface area contributed by atoms with Gasteiger partial charge in [0.1, 0.15) is 36.9 Å². The summed E-state index contributed by atoms with van der Waals surface area (Å²) in [5.74, 6) is 3.25. The lowest BCUT2D eigenvalue weighted by Crippen LogP contribution is -2.35. The predicted molar refractivity (Wildman–Crippen MR) is 177 cm³/mol. The van der Waals surface area contributed by atoms with E-state index in [2.05, 4.69) is 62.6 Å². The molecule has 0 aliphatic heterocycles. The molecule has 2 aliphatic rings. The molecule has 0 saturated heterocycles. The zero-order valence-corrected chi connectivity index (χ0v) is 27.5. The fraction of sp³-hybridized carbons (Fsp3) is 0.667. The molecule has 0 radical (unpaired) electrons. The first-order valence-corrected chi connectivity index (χ1v) is 16.7. The van der Waals surface area contributed by atoms with Gasteiger partial charge in [-0.1, -0.05) is 52.0 Å². The van der Waals surface area contributed by atoms with Crippen LogP contribution in [0, 0.1) is 11.8 Å². The molecule has 2 aliphatic carbocycles. The smallest absolute Gasteiger partial charge is 0.119 e. The highest BCUT2D eigenvalue weighted by Gasteiger charge is 2.21. The quantitative estimate of drug-likeness (QED) is 0.141. The molecule has 4 N–H and O–H groups in total. The normalized spacial score (nSPS) is 16.0. The minimum atomic E-state index is -0.488. The van der Waals surface area contributed by atoms with Gasteiger partial charge in [-0.05, 0) is 85.8 Å². The second-order valence-corrected chi connectivity index (χ2v) is 12.9. The molecule has 0 spiro atoms. The summed E-state index contributed by atoms with van der Waals surface area (Å²) in [6.07, 6.45) is 6.25. The van der Waals surface area contributed by atoms with E-state index in [-0.39, 0.29) is 0 Å². The van der Waals surface area contributed by atoms with Crippen molar-refractivity contribution in [3.05, 3.63) is 59.7 Å². The molecule has 0 heterocycles. The van der Waals surface area contributed by atoms with Crippen LogP contribution in [0.2, 0.25) is 0 Å². The number of aliphatic hydroxyl groups is 2. The number of rotatable bonds is 22. The Morgan fingerprint density at radius 1 is 0.614 bits per heavy atom. The Balaban J connectivity index is 0.000000240. The minimum Gasteiger partial charge on any atom is -0.491 e. The lowest BCUT2D eigenvalue weighted by Gasteiger charge is -2.15. The molecule has 0 aromatic heterocycles. The number of hydrogen-bond donors (Lipinski definition) is 4. The first-order valence-electron chi connectivity index (χ1n) is 16.7. The van der Waals surface area contributed by atoms with Crippen LogP contribution in [0.1, 0.15) is 64.5 Å². The van der Waals surface area contributed by atoms with Crippen LogP contribution in [0.15, 0.2) is 48.5 Å². The van der Waals surface area contributed by atoms with Crippen LogP contribution in [-0.2, 0) is 22.3 Å². The first-order chi connectivity index (χ1) is 21.3. The Morgan fingerprint density at radius 2 is 0.977 bits per heavy atom. The lowest BCUT2D eigenvalue weighted by atomic mass is 10.1. The highest BCUT2D eigenvalue weighted by molar-refractivity contribution is 5.28. The summed E-state index contributed by atoms with van der Waals surface area (Å²) >= 11 is 0. The number of aliphatic hydroxyl groups excluding tert-OH is 2. The fourth-order valence-corrected chi connectivity index (χ4v) is 4.20. The summed E-state index contributed by atoms with van der Waals surface area (Å²) in [6, 6.07) is 16.8. The van der Waals surface area contributed by atoms with E-state index in [0.29, 0.717) is 38.4 Å². The maximum Gasteiger partial charge on any atom is 0.119 e. The number of ether oxygens (including phenoxy) is 4. The van der Waals surface area contributed by atoms with E-state index in [1.165, 1.54) is 36.8 Å². The molecule has 248 valence electrons. The van der Waals surface area contributed by atoms with Gasteiger partial charge in [0.2, 0.25) is 0 Å². The average molecular weight is 615 g/mol. The second kappa shape index (κ2) is 20.8.